The molecule has 0 aliphatic carbocycles. The van der Waals surface area contributed by atoms with E-state index in [1.807, 2.05) is 44.2 Å². The van der Waals surface area contributed by atoms with Crippen LogP contribution in [0.25, 0.3) is 10.9 Å². The van der Waals surface area contributed by atoms with Crippen molar-refractivity contribution >= 4 is 28.3 Å². The van der Waals surface area contributed by atoms with Gasteiger partial charge < -0.3 is 4.98 Å². The fraction of sp³-hybridized carbons (Fsp3) is 0.118. The summed E-state index contributed by atoms with van der Waals surface area (Å²) < 4.78 is 0. The lowest BCUT2D eigenvalue weighted by Crippen LogP contribution is -2.05. The highest BCUT2D eigenvalue weighted by atomic mass is 35.5. The van der Waals surface area contributed by atoms with Gasteiger partial charge in [0.2, 0.25) is 0 Å². The third-order valence-electron chi connectivity index (χ3n) is 3.60. The molecule has 0 aliphatic heterocycles. The van der Waals surface area contributed by atoms with E-state index in [2.05, 4.69) is 4.98 Å². The standard InChI is InChI=1S/C17H14ClNO/c1-10-4-3-5-11(2)16(10)17(20)14-9-19-15-8-12(18)6-7-13(14)15/h3-9,19H,1-2H3. The fourth-order valence-corrected chi connectivity index (χ4v) is 2.77. The van der Waals surface area contributed by atoms with Crippen LogP contribution < -0.4 is 0 Å². The Morgan fingerprint density at radius 3 is 2.50 bits per heavy atom. The van der Waals surface area contributed by atoms with Crippen molar-refractivity contribution in [3.8, 4) is 0 Å². The van der Waals surface area contributed by atoms with Gasteiger partial charge in [0.05, 0.1) is 0 Å². The molecule has 0 bridgehead atoms. The number of nitrogens with one attached hydrogen (secondary N) is 1. The largest absolute Gasteiger partial charge is 0.360 e. The summed E-state index contributed by atoms with van der Waals surface area (Å²) in [5, 5.41) is 1.56. The van der Waals surface area contributed by atoms with Crippen molar-refractivity contribution in [3.63, 3.8) is 0 Å². The molecule has 100 valence electrons. The smallest absolute Gasteiger partial charge is 0.195 e. The molecule has 0 fully saturated rings. The number of carbonyl (C=O) groups excluding carboxylic acids is 1. The molecule has 2 aromatic carbocycles. The summed E-state index contributed by atoms with van der Waals surface area (Å²) in [4.78, 5) is 15.9. The summed E-state index contributed by atoms with van der Waals surface area (Å²) in [5.41, 5.74) is 4.35. The first-order valence-corrected chi connectivity index (χ1v) is 6.83. The van der Waals surface area contributed by atoms with Gasteiger partial charge in [0.25, 0.3) is 0 Å². The Morgan fingerprint density at radius 1 is 1.10 bits per heavy atom. The second kappa shape index (κ2) is 4.80. The maximum Gasteiger partial charge on any atom is 0.195 e. The number of hydrogen-bond acceptors (Lipinski definition) is 1. The molecule has 3 aromatic rings. The molecular weight excluding hydrogens is 270 g/mol. The highest BCUT2D eigenvalue weighted by Crippen LogP contribution is 2.26. The monoisotopic (exact) mass is 283 g/mol. The zero-order valence-electron chi connectivity index (χ0n) is 11.3. The molecule has 0 atom stereocenters. The van der Waals surface area contributed by atoms with E-state index < -0.39 is 0 Å². The molecule has 3 heteroatoms. The summed E-state index contributed by atoms with van der Waals surface area (Å²) in [5.74, 6) is 0.0502. The lowest BCUT2D eigenvalue weighted by atomic mass is 9.95. The summed E-state index contributed by atoms with van der Waals surface area (Å²) in [6.07, 6.45) is 1.76. The molecule has 0 unspecified atom stereocenters. The fourth-order valence-electron chi connectivity index (χ4n) is 2.59. The number of rotatable bonds is 2. The number of carbonyl (C=O) groups is 1. The van der Waals surface area contributed by atoms with E-state index in [9.17, 15) is 4.79 Å². The minimum absolute atomic E-state index is 0.0502. The first-order valence-electron chi connectivity index (χ1n) is 6.45. The SMILES string of the molecule is Cc1cccc(C)c1C(=O)c1c[nH]c2cc(Cl)ccc12. The highest BCUT2D eigenvalue weighted by Gasteiger charge is 2.17. The summed E-state index contributed by atoms with van der Waals surface area (Å²) in [6.45, 7) is 3.93. The van der Waals surface area contributed by atoms with Crippen LogP contribution in [0.15, 0.2) is 42.6 Å². The van der Waals surface area contributed by atoms with Crippen molar-refractivity contribution in [1.82, 2.24) is 4.98 Å². The number of benzene rings is 2. The third-order valence-corrected chi connectivity index (χ3v) is 3.83. The predicted octanol–water partition coefficient (Wildman–Crippen LogP) is 4.67. The van der Waals surface area contributed by atoms with Crippen molar-refractivity contribution in [2.45, 2.75) is 13.8 Å². The number of fused-ring (bicyclic) bond motifs is 1. The topological polar surface area (TPSA) is 32.9 Å². The number of aromatic amines is 1. The molecular formula is C17H14ClNO. The molecule has 0 amide bonds. The summed E-state index contributed by atoms with van der Waals surface area (Å²) in [6, 6.07) is 11.4. The Hall–Kier alpha value is -2.06. The molecule has 20 heavy (non-hydrogen) atoms. The average Bonchev–Trinajstić information content (AvgIpc) is 2.81. The molecule has 0 saturated carbocycles. The second-order valence-corrected chi connectivity index (χ2v) is 5.42. The van der Waals surface area contributed by atoms with Gasteiger partial charge >= 0.3 is 0 Å². The van der Waals surface area contributed by atoms with E-state index in [0.717, 1.165) is 27.6 Å². The number of H-pyrrole nitrogens is 1. The maximum absolute atomic E-state index is 12.8. The van der Waals surface area contributed by atoms with Crippen LogP contribution >= 0.6 is 11.6 Å². The van der Waals surface area contributed by atoms with Crippen LogP contribution in [-0.4, -0.2) is 10.8 Å². The van der Waals surface area contributed by atoms with E-state index in [1.54, 1.807) is 12.3 Å². The van der Waals surface area contributed by atoms with E-state index >= 15 is 0 Å². The van der Waals surface area contributed by atoms with Crippen LogP contribution in [0.2, 0.25) is 5.02 Å². The zero-order chi connectivity index (χ0) is 14.3. The van der Waals surface area contributed by atoms with Crippen LogP contribution in [-0.2, 0) is 0 Å². The molecule has 1 aromatic heterocycles. The Bertz CT molecular complexity index is 797. The van der Waals surface area contributed by atoms with Gasteiger partial charge in [-0.25, -0.2) is 0 Å². The van der Waals surface area contributed by atoms with Crippen molar-refractivity contribution in [3.05, 3.63) is 69.9 Å². The second-order valence-electron chi connectivity index (χ2n) is 4.99. The summed E-state index contributed by atoms with van der Waals surface area (Å²) in [7, 11) is 0. The van der Waals surface area contributed by atoms with E-state index in [0.29, 0.717) is 10.6 Å². The van der Waals surface area contributed by atoms with Crippen LogP contribution in [0.5, 0.6) is 0 Å². The number of hydrogen-bond donors (Lipinski definition) is 1. The first-order chi connectivity index (χ1) is 9.58. The van der Waals surface area contributed by atoms with Crippen molar-refractivity contribution in [2.75, 3.05) is 0 Å². The molecule has 0 radical (unpaired) electrons. The molecule has 1 N–H and O–H groups in total. The van der Waals surface area contributed by atoms with Gasteiger partial charge in [-0.05, 0) is 37.1 Å². The Kier molecular flexibility index (Phi) is 3.11. The van der Waals surface area contributed by atoms with Gasteiger partial charge in [-0.2, -0.15) is 0 Å². The van der Waals surface area contributed by atoms with Gasteiger partial charge in [0.1, 0.15) is 0 Å². The van der Waals surface area contributed by atoms with Crippen LogP contribution in [0.1, 0.15) is 27.0 Å². The van der Waals surface area contributed by atoms with Crippen LogP contribution in [0.3, 0.4) is 0 Å². The van der Waals surface area contributed by atoms with Gasteiger partial charge in [-0.15, -0.1) is 0 Å². The van der Waals surface area contributed by atoms with Crippen LogP contribution in [0, 0.1) is 13.8 Å². The number of aromatic nitrogens is 1. The number of aryl methyl sites for hydroxylation is 2. The minimum atomic E-state index is 0.0502. The molecule has 3 rings (SSSR count). The van der Waals surface area contributed by atoms with Crippen molar-refractivity contribution in [2.24, 2.45) is 0 Å². The van der Waals surface area contributed by atoms with E-state index in [-0.39, 0.29) is 5.78 Å². The lowest BCUT2D eigenvalue weighted by molar-refractivity contribution is 0.103. The number of halogens is 1. The van der Waals surface area contributed by atoms with E-state index in [1.165, 1.54) is 0 Å². The molecule has 0 saturated heterocycles. The third kappa shape index (κ3) is 2.02. The van der Waals surface area contributed by atoms with Crippen molar-refractivity contribution in [1.29, 1.82) is 0 Å². The van der Waals surface area contributed by atoms with Crippen molar-refractivity contribution < 1.29 is 4.79 Å². The minimum Gasteiger partial charge on any atom is -0.360 e. The van der Waals surface area contributed by atoms with Gasteiger partial charge in [0, 0.05) is 33.2 Å². The average molecular weight is 284 g/mol. The van der Waals surface area contributed by atoms with Gasteiger partial charge in [0.15, 0.2) is 5.78 Å². The lowest BCUT2D eigenvalue weighted by Gasteiger charge is -2.07. The molecule has 0 spiro atoms. The van der Waals surface area contributed by atoms with E-state index in [4.69, 9.17) is 11.6 Å². The molecule has 1 heterocycles. The van der Waals surface area contributed by atoms with Gasteiger partial charge in [-0.3, -0.25) is 4.79 Å². The van der Waals surface area contributed by atoms with Gasteiger partial charge in [-0.1, -0.05) is 35.9 Å². The first kappa shape index (κ1) is 12.9. The Balaban J connectivity index is 2.18. The quantitative estimate of drug-likeness (QED) is 0.681. The molecule has 2 nitrogen and oxygen atoms in total. The molecule has 0 aliphatic rings. The Labute approximate surface area is 122 Å². The zero-order valence-corrected chi connectivity index (χ0v) is 12.1. The Morgan fingerprint density at radius 2 is 1.80 bits per heavy atom. The summed E-state index contributed by atoms with van der Waals surface area (Å²) >= 11 is 5.97. The predicted molar refractivity (Wildman–Crippen MR) is 82.7 cm³/mol. The normalized spacial score (nSPS) is 10.9. The van der Waals surface area contributed by atoms with Crippen LogP contribution in [0.4, 0.5) is 0 Å². The maximum atomic E-state index is 12.8. The number of ketones is 1. The highest BCUT2D eigenvalue weighted by molar-refractivity contribution is 6.31.